The maximum Gasteiger partial charge on any atom is 0.518 e. The van der Waals surface area contributed by atoms with E-state index in [1.165, 1.54) is 0 Å². The first-order valence-electron chi connectivity index (χ1n) is 8.47. The number of ether oxygens (including phenoxy) is 3. The number of carbonyl (C=O) groups excluding carboxylic acids is 2. The van der Waals surface area contributed by atoms with Crippen LogP contribution < -0.4 is 9.47 Å². The number of hydrogen-bond acceptors (Lipinski definition) is 5. The minimum atomic E-state index is -0.836. The third-order valence-electron chi connectivity index (χ3n) is 3.94. The molecule has 0 amide bonds. The second-order valence-corrected chi connectivity index (χ2v) is 6.05. The van der Waals surface area contributed by atoms with Gasteiger partial charge in [-0.3, -0.25) is 0 Å². The summed E-state index contributed by atoms with van der Waals surface area (Å²) in [5.74, 6) is 0.400. The Kier molecular flexibility index (Phi) is 5.56. The molecule has 0 atom stereocenters. The highest BCUT2D eigenvalue weighted by Crippen LogP contribution is 2.28. The van der Waals surface area contributed by atoms with Crippen LogP contribution in [0.5, 0.6) is 11.5 Å². The van der Waals surface area contributed by atoms with Crippen LogP contribution in [-0.2, 0) is 9.53 Å². The molecule has 28 heavy (non-hydrogen) atoms. The molecule has 140 valence electrons. The molecular formula is C23H18O5. The van der Waals surface area contributed by atoms with Gasteiger partial charge in [0.15, 0.2) is 0 Å². The van der Waals surface area contributed by atoms with E-state index in [0.29, 0.717) is 17.1 Å². The van der Waals surface area contributed by atoms with Gasteiger partial charge in [-0.05, 0) is 59.2 Å². The van der Waals surface area contributed by atoms with E-state index in [9.17, 15) is 9.59 Å². The summed E-state index contributed by atoms with van der Waals surface area (Å²) in [5, 5.41) is 1.95. The van der Waals surface area contributed by atoms with Gasteiger partial charge >= 0.3 is 12.1 Å². The lowest BCUT2D eigenvalue weighted by atomic mass is 10.0. The molecule has 0 saturated carbocycles. The van der Waals surface area contributed by atoms with E-state index in [4.69, 9.17) is 9.47 Å². The van der Waals surface area contributed by atoms with Crippen molar-refractivity contribution < 1.29 is 23.8 Å². The normalized spacial score (nSPS) is 10.2. The van der Waals surface area contributed by atoms with Crippen LogP contribution in [-0.4, -0.2) is 12.1 Å². The Morgan fingerprint density at radius 1 is 0.821 bits per heavy atom. The first-order chi connectivity index (χ1) is 13.5. The van der Waals surface area contributed by atoms with Crippen LogP contribution in [0.4, 0.5) is 4.79 Å². The standard InChI is InChI=1S/C23H18O5/c1-4-26-23(25)28-20-10-7-16(8-11-20)17-5-6-19-14-21(12-9-18(19)13-17)27-22(24)15(2)3/h4-14H,1-2H2,3H3. The molecule has 0 radical (unpaired) electrons. The smallest absolute Gasteiger partial charge is 0.423 e. The molecular weight excluding hydrogens is 356 g/mol. The van der Waals surface area contributed by atoms with Crippen LogP contribution in [0.2, 0.25) is 0 Å². The van der Waals surface area contributed by atoms with Crippen LogP contribution in [0, 0.1) is 0 Å². The minimum Gasteiger partial charge on any atom is -0.423 e. The number of rotatable bonds is 5. The summed E-state index contributed by atoms with van der Waals surface area (Å²) < 4.78 is 14.8. The first-order valence-corrected chi connectivity index (χ1v) is 8.47. The lowest BCUT2D eigenvalue weighted by Crippen LogP contribution is -2.07. The zero-order valence-electron chi connectivity index (χ0n) is 15.3. The quantitative estimate of drug-likeness (QED) is 0.190. The number of fused-ring (bicyclic) bond motifs is 1. The van der Waals surface area contributed by atoms with Crippen molar-refractivity contribution in [1.82, 2.24) is 0 Å². The molecule has 0 aromatic heterocycles. The molecule has 0 aliphatic heterocycles. The molecule has 0 aliphatic rings. The van der Waals surface area contributed by atoms with Gasteiger partial charge < -0.3 is 14.2 Å². The fourth-order valence-corrected chi connectivity index (χ4v) is 2.56. The fourth-order valence-electron chi connectivity index (χ4n) is 2.56. The molecule has 0 saturated heterocycles. The number of hydrogen-bond donors (Lipinski definition) is 0. The largest absolute Gasteiger partial charge is 0.518 e. The fraction of sp³-hybridized carbons (Fsp3) is 0.0435. The van der Waals surface area contributed by atoms with Crippen LogP contribution in [0.25, 0.3) is 21.9 Å². The molecule has 0 heterocycles. The Bertz CT molecular complexity index is 1060. The second-order valence-electron chi connectivity index (χ2n) is 6.05. The Labute approximate surface area is 162 Å². The minimum absolute atomic E-state index is 0.348. The topological polar surface area (TPSA) is 61.8 Å². The van der Waals surface area contributed by atoms with E-state index < -0.39 is 12.1 Å². The maximum atomic E-state index is 11.7. The highest BCUT2D eigenvalue weighted by atomic mass is 16.7. The van der Waals surface area contributed by atoms with Gasteiger partial charge in [-0.15, -0.1) is 0 Å². The Balaban J connectivity index is 1.80. The van der Waals surface area contributed by atoms with Crippen molar-refractivity contribution >= 4 is 22.9 Å². The summed E-state index contributed by atoms with van der Waals surface area (Å²) in [6.07, 6.45) is 0.174. The van der Waals surface area contributed by atoms with Crippen molar-refractivity contribution in [2.75, 3.05) is 0 Å². The van der Waals surface area contributed by atoms with E-state index >= 15 is 0 Å². The summed E-state index contributed by atoms with van der Waals surface area (Å²) in [6, 6.07) is 18.5. The lowest BCUT2D eigenvalue weighted by Gasteiger charge is -2.08. The molecule has 0 fully saturated rings. The monoisotopic (exact) mass is 374 g/mol. The van der Waals surface area contributed by atoms with E-state index in [0.717, 1.165) is 28.2 Å². The summed E-state index contributed by atoms with van der Waals surface area (Å²) >= 11 is 0. The average Bonchev–Trinajstić information content (AvgIpc) is 2.68. The van der Waals surface area contributed by atoms with E-state index in [1.54, 1.807) is 25.1 Å². The van der Waals surface area contributed by atoms with Crippen molar-refractivity contribution in [2.24, 2.45) is 0 Å². The van der Waals surface area contributed by atoms with Gasteiger partial charge in [-0.2, -0.15) is 0 Å². The van der Waals surface area contributed by atoms with Gasteiger partial charge in [0.1, 0.15) is 11.5 Å². The molecule has 5 heteroatoms. The van der Waals surface area contributed by atoms with Crippen LogP contribution in [0.1, 0.15) is 6.92 Å². The van der Waals surface area contributed by atoms with Crippen molar-refractivity contribution in [3.05, 3.63) is 85.7 Å². The molecule has 0 unspecified atom stereocenters. The Morgan fingerprint density at radius 2 is 1.43 bits per heavy atom. The first kappa shape index (κ1) is 18.9. The molecule has 0 N–H and O–H groups in total. The maximum absolute atomic E-state index is 11.7. The van der Waals surface area contributed by atoms with Gasteiger partial charge in [0, 0.05) is 5.57 Å². The second kappa shape index (κ2) is 8.22. The van der Waals surface area contributed by atoms with Crippen LogP contribution >= 0.6 is 0 Å². The summed E-state index contributed by atoms with van der Waals surface area (Å²) in [6.45, 7) is 8.48. The molecule has 0 bridgehead atoms. The average molecular weight is 374 g/mol. The number of esters is 1. The van der Waals surface area contributed by atoms with Gasteiger partial charge in [0.2, 0.25) is 0 Å². The highest BCUT2D eigenvalue weighted by molar-refractivity contribution is 5.91. The van der Waals surface area contributed by atoms with Crippen LogP contribution in [0.3, 0.4) is 0 Å². The Hall–Kier alpha value is -3.86. The summed E-state index contributed by atoms with van der Waals surface area (Å²) in [5.41, 5.74) is 2.31. The molecule has 0 spiro atoms. The molecule has 0 aliphatic carbocycles. The van der Waals surface area contributed by atoms with E-state index in [-0.39, 0.29) is 0 Å². The van der Waals surface area contributed by atoms with E-state index in [2.05, 4.69) is 17.9 Å². The predicted molar refractivity (Wildman–Crippen MR) is 107 cm³/mol. The van der Waals surface area contributed by atoms with Gasteiger partial charge in [-0.1, -0.05) is 43.5 Å². The zero-order chi connectivity index (χ0) is 20.1. The number of carbonyl (C=O) groups is 2. The van der Waals surface area contributed by atoms with Crippen LogP contribution in [0.15, 0.2) is 85.7 Å². The highest BCUT2D eigenvalue weighted by Gasteiger charge is 2.08. The SMILES string of the molecule is C=COC(=O)Oc1ccc(-c2ccc3cc(OC(=O)C(=C)C)ccc3c2)cc1. The van der Waals surface area contributed by atoms with Gasteiger partial charge in [0.05, 0.1) is 6.26 Å². The van der Waals surface area contributed by atoms with Crippen molar-refractivity contribution in [3.63, 3.8) is 0 Å². The van der Waals surface area contributed by atoms with Crippen molar-refractivity contribution in [3.8, 4) is 22.6 Å². The molecule has 3 aromatic rings. The third kappa shape index (κ3) is 4.45. The molecule has 3 aromatic carbocycles. The predicted octanol–water partition coefficient (Wildman–Crippen LogP) is 5.65. The van der Waals surface area contributed by atoms with Crippen molar-refractivity contribution in [1.29, 1.82) is 0 Å². The van der Waals surface area contributed by atoms with Crippen molar-refractivity contribution in [2.45, 2.75) is 6.92 Å². The van der Waals surface area contributed by atoms with E-state index in [1.807, 2.05) is 42.5 Å². The summed E-state index contributed by atoms with van der Waals surface area (Å²) in [7, 11) is 0. The van der Waals surface area contributed by atoms with Gasteiger partial charge in [-0.25, -0.2) is 9.59 Å². The van der Waals surface area contributed by atoms with Gasteiger partial charge in [0.25, 0.3) is 0 Å². The lowest BCUT2D eigenvalue weighted by molar-refractivity contribution is -0.130. The third-order valence-corrected chi connectivity index (χ3v) is 3.94. The number of benzene rings is 3. The zero-order valence-corrected chi connectivity index (χ0v) is 15.3. The molecule has 3 rings (SSSR count). The summed E-state index contributed by atoms with van der Waals surface area (Å²) in [4.78, 5) is 22.9. The Morgan fingerprint density at radius 3 is 2.11 bits per heavy atom. The molecule has 5 nitrogen and oxygen atoms in total.